The predicted molar refractivity (Wildman–Crippen MR) is 87.5 cm³/mol. The number of nitrogens with zero attached hydrogens (tertiary/aromatic N) is 1. The third-order valence-electron chi connectivity index (χ3n) is 4.33. The van der Waals surface area contributed by atoms with Gasteiger partial charge < -0.3 is 5.32 Å². The van der Waals surface area contributed by atoms with E-state index >= 15 is 0 Å². The van der Waals surface area contributed by atoms with E-state index in [4.69, 9.17) is 0 Å². The lowest BCUT2D eigenvalue weighted by atomic mass is 9.72. The van der Waals surface area contributed by atoms with Crippen LogP contribution in [0, 0.1) is 22.7 Å². The molecule has 0 aromatic carbocycles. The van der Waals surface area contributed by atoms with Crippen LogP contribution in [0.5, 0.6) is 0 Å². The zero-order chi connectivity index (χ0) is 15.6. The van der Waals surface area contributed by atoms with Crippen molar-refractivity contribution in [2.45, 2.75) is 59.8 Å². The maximum absolute atomic E-state index is 11.8. The molecule has 0 bridgehead atoms. The van der Waals surface area contributed by atoms with Crippen LogP contribution in [0.3, 0.4) is 0 Å². The van der Waals surface area contributed by atoms with Crippen molar-refractivity contribution >= 4 is 22.2 Å². The van der Waals surface area contributed by atoms with Crippen molar-refractivity contribution in [3.63, 3.8) is 0 Å². The first-order valence-corrected chi connectivity index (χ1v) is 8.53. The fraction of sp³-hybridized carbons (Fsp3) is 0.647. The van der Waals surface area contributed by atoms with Crippen LogP contribution in [0.1, 0.15) is 63.0 Å². The Bertz CT molecular complexity index is 575. The number of anilines is 1. The SMILES string of the molecule is CCCC(=O)Nc1sc2c(c1C#N)CCC(C(C)(C)C)C2. The molecule has 0 aliphatic heterocycles. The van der Waals surface area contributed by atoms with Crippen molar-refractivity contribution in [2.24, 2.45) is 11.3 Å². The number of hydrogen-bond donors (Lipinski definition) is 1. The van der Waals surface area contributed by atoms with Gasteiger partial charge in [0, 0.05) is 11.3 Å². The van der Waals surface area contributed by atoms with Crippen molar-refractivity contribution in [1.29, 1.82) is 5.26 Å². The van der Waals surface area contributed by atoms with Gasteiger partial charge in [-0.15, -0.1) is 11.3 Å². The summed E-state index contributed by atoms with van der Waals surface area (Å²) in [7, 11) is 0. The van der Waals surface area contributed by atoms with Gasteiger partial charge in [-0.3, -0.25) is 4.79 Å². The summed E-state index contributed by atoms with van der Waals surface area (Å²) in [6.45, 7) is 8.83. The molecule has 4 heteroatoms. The quantitative estimate of drug-likeness (QED) is 0.893. The number of nitrogens with one attached hydrogen (secondary N) is 1. The van der Waals surface area contributed by atoms with Gasteiger partial charge in [0.1, 0.15) is 11.1 Å². The molecular weight excluding hydrogens is 280 g/mol. The largest absolute Gasteiger partial charge is 0.317 e. The topological polar surface area (TPSA) is 52.9 Å². The van der Waals surface area contributed by atoms with E-state index in [0.29, 0.717) is 23.3 Å². The minimum Gasteiger partial charge on any atom is -0.317 e. The standard InChI is InChI=1S/C17H24N2OS/c1-5-6-15(20)19-16-13(10-18)12-8-7-11(17(2,3)4)9-14(12)21-16/h11H,5-9H2,1-4H3,(H,19,20). The van der Waals surface area contributed by atoms with Gasteiger partial charge in [-0.2, -0.15) is 5.26 Å². The second-order valence-corrected chi connectivity index (χ2v) is 8.03. The van der Waals surface area contributed by atoms with Crippen molar-refractivity contribution in [3.8, 4) is 6.07 Å². The van der Waals surface area contributed by atoms with Gasteiger partial charge in [-0.05, 0) is 42.6 Å². The molecule has 2 rings (SSSR count). The van der Waals surface area contributed by atoms with E-state index in [2.05, 4.69) is 32.2 Å². The third-order valence-corrected chi connectivity index (χ3v) is 5.50. The summed E-state index contributed by atoms with van der Waals surface area (Å²) in [6, 6.07) is 2.30. The van der Waals surface area contributed by atoms with Gasteiger partial charge in [0.2, 0.25) is 5.91 Å². The normalized spacial score (nSPS) is 18.0. The van der Waals surface area contributed by atoms with Crippen LogP contribution in [0.15, 0.2) is 0 Å². The van der Waals surface area contributed by atoms with E-state index in [1.807, 2.05) is 6.92 Å². The van der Waals surface area contributed by atoms with Gasteiger partial charge in [0.25, 0.3) is 0 Å². The average Bonchev–Trinajstić information content (AvgIpc) is 2.73. The Labute approximate surface area is 131 Å². The molecule has 1 atom stereocenters. The van der Waals surface area contributed by atoms with Crippen molar-refractivity contribution in [3.05, 3.63) is 16.0 Å². The molecule has 0 radical (unpaired) electrons. The average molecular weight is 304 g/mol. The highest BCUT2D eigenvalue weighted by atomic mass is 32.1. The molecule has 1 heterocycles. The molecule has 1 aromatic heterocycles. The Hall–Kier alpha value is -1.34. The molecule has 1 amide bonds. The van der Waals surface area contributed by atoms with E-state index in [1.54, 1.807) is 11.3 Å². The molecule has 1 aliphatic carbocycles. The fourth-order valence-electron chi connectivity index (χ4n) is 2.95. The second kappa shape index (κ2) is 6.19. The minimum absolute atomic E-state index is 0.0139. The van der Waals surface area contributed by atoms with E-state index in [-0.39, 0.29) is 5.91 Å². The number of amides is 1. The Morgan fingerprint density at radius 2 is 2.19 bits per heavy atom. The molecule has 1 N–H and O–H groups in total. The molecule has 114 valence electrons. The van der Waals surface area contributed by atoms with Crippen LogP contribution in [0.25, 0.3) is 0 Å². The molecule has 0 saturated carbocycles. The number of hydrogen-bond acceptors (Lipinski definition) is 3. The first kappa shape index (κ1) is 16.0. The number of fused-ring (bicyclic) bond motifs is 1. The Morgan fingerprint density at radius 1 is 1.48 bits per heavy atom. The van der Waals surface area contributed by atoms with E-state index in [0.717, 1.165) is 30.7 Å². The molecular formula is C17H24N2OS. The van der Waals surface area contributed by atoms with E-state index in [9.17, 15) is 10.1 Å². The molecule has 1 aliphatic rings. The summed E-state index contributed by atoms with van der Waals surface area (Å²) in [5.74, 6) is 0.661. The maximum atomic E-state index is 11.8. The smallest absolute Gasteiger partial charge is 0.224 e. The molecule has 3 nitrogen and oxygen atoms in total. The van der Waals surface area contributed by atoms with Crippen LogP contribution in [0.4, 0.5) is 5.00 Å². The number of carbonyl (C=O) groups excluding carboxylic acids is 1. The van der Waals surface area contributed by atoms with Crippen LogP contribution in [0.2, 0.25) is 0 Å². The monoisotopic (exact) mass is 304 g/mol. The van der Waals surface area contributed by atoms with Crippen LogP contribution >= 0.6 is 11.3 Å². The molecule has 21 heavy (non-hydrogen) atoms. The van der Waals surface area contributed by atoms with Gasteiger partial charge in [0.15, 0.2) is 0 Å². The Morgan fingerprint density at radius 3 is 2.76 bits per heavy atom. The summed E-state index contributed by atoms with van der Waals surface area (Å²) in [6.07, 6.45) is 4.45. The van der Waals surface area contributed by atoms with Gasteiger partial charge in [0.05, 0.1) is 5.56 Å². The lowest BCUT2D eigenvalue weighted by molar-refractivity contribution is -0.116. The molecule has 1 unspecified atom stereocenters. The number of carbonyl (C=O) groups is 1. The van der Waals surface area contributed by atoms with Crippen LogP contribution < -0.4 is 5.32 Å². The fourth-order valence-corrected chi connectivity index (χ4v) is 4.24. The van der Waals surface area contributed by atoms with Gasteiger partial charge in [-0.1, -0.05) is 27.7 Å². The molecule has 0 spiro atoms. The van der Waals surface area contributed by atoms with E-state index in [1.165, 1.54) is 10.4 Å². The third kappa shape index (κ3) is 3.47. The summed E-state index contributed by atoms with van der Waals surface area (Å²) < 4.78 is 0. The first-order chi connectivity index (χ1) is 9.86. The highest BCUT2D eigenvalue weighted by Gasteiger charge is 2.32. The summed E-state index contributed by atoms with van der Waals surface area (Å²) in [5, 5.41) is 13.1. The van der Waals surface area contributed by atoms with Crippen LogP contribution in [-0.2, 0) is 17.6 Å². The predicted octanol–water partition coefficient (Wildman–Crippen LogP) is 4.51. The minimum atomic E-state index is 0.0139. The molecule has 0 saturated heterocycles. The summed E-state index contributed by atoms with van der Waals surface area (Å²) >= 11 is 1.61. The maximum Gasteiger partial charge on any atom is 0.224 e. The lowest BCUT2D eigenvalue weighted by Crippen LogP contribution is -2.26. The van der Waals surface area contributed by atoms with Crippen molar-refractivity contribution < 1.29 is 4.79 Å². The number of nitriles is 1. The zero-order valence-corrected chi connectivity index (χ0v) is 14.2. The van der Waals surface area contributed by atoms with Crippen molar-refractivity contribution in [2.75, 3.05) is 5.32 Å². The Kier molecular flexibility index (Phi) is 4.73. The lowest BCUT2D eigenvalue weighted by Gasteiger charge is -2.33. The van der Waals surface area contributed by atoms with E-state index < -0.39 is 0 Å². The van der Waals surface area contributed by atoms with Gasteiger partial charge in [-0.25, -0.2) is 0 Å². The van der Waals surface area contributed by atoms with Crippen LogP contribution in [-0.4, -0.2) is 5.91 Å². The molecule has 0 fully saturated rings. The highest BCUT2D eigenvalue weighted by molar-refractivity contribution is 7.16. The first-order valence-electron chi connectivity index (χ1n) is 7.71. The summed E-state index contributed by atoms with van der Waals surface area (Å²) in [5.41, 5.74) is 2.17. The molecule has 1 aromatic rings. The van der Waals surface area contributed by atoms with Gasteiger partial charge >= 0.3 is 0 Å². The Balaban J connectivity index is 2.26. The number of thiophene rings is 1. The number of rotatable bonds is 3. The highest BCUT2D eigenvalue weighted by Crippen LogP contribution is 2.43. The second-order valence-electron chi connectivity index (χ2n) is 6.92. The van der Waals surface area contributed by atoms with Crippen molar-refractivity contribution in [1.82, 2.24) is 0 Å². The zero-order valence-electron chi connectivity index (χ0n) is 13.4. The summed E-state index contributed by atoms with van der Waals surface area (Å²) in [4.78, 5) is 13.1.